The second-order valence-corrected chi connectivity index (χ2v) is 11.1. The van der Waals surface area contributed by atoms with Gasteiger partial charge >= 0.3 is 0 Å². The highest BCUT2D eigenvalue weighted by molar-refractivity contribution is 6.08. The van der Waals surface area contributed by atoms with Gasteiger partial charge in [0, 0.05) is 11.9 Å². The lowest BCUT2D eigenvalue weighted by molar-refractivity contribution is -0.141. The Morgan fingerprint density at radius 3 is 2.44 bits per heavy atom. The Morgan fingerprint density at radius 1 is 1.00 bits per heavy atom. The highest BCUT2D eigenvalue weighted by Gasteiger charge is 2.41. The zero-order valence-corrected chi connectivity index (χ0v) is 25.0. The molecule has 4 atom stereocenters. The number of benzene rings is 3. The Morgan fingerprint density at radius 2 is 1.72 bits per heavy atom. The average molecular weight is 585 g/mol. The SMILES string of the molecule is CN[C@@H](Cc1ccccc1)C(=O)N[C@@H](CCCCN)C(=O)N1CCC[C@H]1C(=O)N(c1cccc2ccccc12)[C@@H](C)[C]=O. The zero-order valence-electron chi connectivity index (χ0n) is 25.0. The van der Waals surface area contributed by atoms with E-state index in [-0.39, 0.29) is 17.7 Å². The Labute approximate surface area is 253 Å². The summed E-state index contributed by atoms with van der Waals surface area (Å²) in [7, 11) is 1.72. The summed E-state index contributed by atoms with van der Waals surface area (Å²) in [4.78, 5) is 56.7. The van der Waals surface area contributed by atoms with Gasteiger partial charge in [0.2, 0.25) is 24.0 Å². The van der Waals surface area contributed by atoms with Crippen molar-refractivity contribution >= 4 is 40.5 Å². The summed E-state index contributed by atoms with van der Waals surface area (Å²) < 4.78 is 0. The molecule has 4 rings (SSSR count). The van der Waals surface area contributed by atoms with Gasteiger partial charge in [0.15, 0.2) is 0 Å². The molecule has 0 saturated carbocycles. The van der Waals surface area contributed by atoms with Gasteiger partial charge in [-0.2, -0.15) is 0 Å². The Bertz CT molecular complexity index is 1390. The molecule has 3 aromatic rings. The van der Waals surface area contributed by atoms with Gasteiger partial charge in [0.05, 0.1) is 11.7 Å². The molecule has 1 saturated heterocycles. The molecule has 0 aliphatic carbocycles. The van der Waals surface area contributed by atoms with E-state index in [1.54, 1.807) is 18.9 Å². The van der Waals surface area contributed by atoms with Crippen LogP contribution < -0.4 is 21.3 Å². The van der Waals surface area contributed by atoms with Crippen molar-refractivity contribution in [3.63, 3.8) is 0 Å². The van der Waals surface area contributed by atoms with E-state index in [2.05, 4.69) is 10.6 Å². The third-order valence-electron chi connectivity index (χ3n) is 8.15. The summed E-state index contributed by atoms with van der Waals surface area (Å²) in [6.45, 7) is 2.50. The van der Waals surface area contributed by atoms with Crippen molar-refractivity contribution in [3.8, 4) is 0 Å². The van der Waals surface area contributed by atoms with E-state index in [1.807, 2.05) is 79.1 Å². The summed E-state index contributed by atoms with van der Waals surface area (Å²) in [6, 6.07) is 20.0. The molecule has 1 radical (unpaired) electrons. The van der Waals surface area contributed by atoms with Crippen molar-refractivity contribution < 1.29 is 19.2 Å². The van der Waals surface area contributed by atoms with Crippen LogP contribution in [-0.2, 0) is 25.6 Å². The molecule has 3 aromatic carbocycles. The van der Waals surface area contributed by atoms with E-state index >= 15 is 0 Å². The van der Waals surface area contributed by atoms with Crippen molar-refractivity contribution in [2.75, 3.05) is 25.0 Å². The quantitative estimate of drug-likeness (QED) is 0.250. The molecule has 1 heterocycles. The average Bonchev–Trinajstić information content (AvgIpc) is 3.53. The van der Waals surface area contributed by atoms with Crippen molar-refractivity contribution in [2.24, 2.45) is 5.73 Å². The molecule has 0 aromatic heterocycles. The van der Waals surface area contributed by atoms with Crippen LogP contribution in [0.2, 0.25) is 0 Å². The van der Waals surface area contributed by atoms with Gasteiger partial charge in [-0.15, -0.1) is 0 Å². The maximum Gasteiger partial charge on any atom is 0.250 e. The number of anilines is 1. The predicted molar refractivity (Wildman–Crippen MR) is 169 cm³/mol. The highest BCUT2D eigenvalue weighted by Crippen LogP contribution is 2.31. The normalized spacial score (nSPS) is 16.8. The third kappa shape index (κ3) is 7.66. The maximum absolute atomic E-state index is 14.2. The van der Waals surface area contributed by atoms with Gasteiger partial charge < -0.3 is 21.3 Å². The predicted octanol–water partition coefficient (Wildman–Crippen LogP) is 3.11. The van der Waals surface area contributed by atoms with Crippen LogP contribution in [0.4, 0.5) is 5.69 Å². The summed E-state index contributed by atoms with van der Waals surface area (Å²) in [5.41, 5.74) is 7.33. The number of nitrogens with two attached hydrogens (primary N) is 1. The molecule has 43 heavy (non-hydrogen) atoms. The smallest absolute Gasteiger partial charge is 0.250 e. The molecule has 0 bridgehead atoms. The first-order chi connectivity index (χ1) is 20.9. The molecular formula is C34H42N5O4. The monoisotopic (exact) mass is 584 g/mol. The minimum Gasteiger partial charge on any atom is -0.343 e. The number of likely N-dealkylation sites (tertiary alicyclic amines) is 1. The molecule has 9 heteroatoms. The Balaban J connectivity index is 1.58. The second-order valence-electron chi connectivity index (χ2n) is 11.1. The molecule has 3 amide bonds. The van der Waals surface area contributed by atoms with Gasteiger partial charge in [-0.1, -0.05) is 66.7 Å². The van der Waals surface area contributed by atoms with Crippen LogP contribution in [0.25, 0.3) is 10.8 Å². The van der Waals surface area contributed by atoms with Crippen LogP contribution >= 0.6 is 0 Å². The number of nitrogens with zero attached hydrogens (tertiary/aromatic N) is 2. The fourth-order valence-electron chi connectivity index (χ4n) is 5.84. The van der Waals surface area contributed by atoms with E-state index in [9.17, 15) is 19.2 Å². The number of carbonyl (C=O) groups is 3. The zero-order chi connectivity index (χ0) is 30.8. The van der Waals surface area contributed by atoms with Gasteiger partial charge in [-0.25, -0.2) is 0 Å². The first kappa shape index (κ1) is 31.8. The Kier molecular flexibility index (Phi) is 11.4. The summed E-state index contributed by atoms with van der Waals surface area (Å²) in [5.74, 6) is -0.903. The highest BCUT2D eigenvalue weighted by atomic mass is 16.2. The molecule has 4 N–H and O–H groups in total. The molecule has 1 aliphatic heterocycles. The minimum atomic E-state index is -0.856. The minimum absolute atomic E-state index is 0.277. The van der Waals surface area contributed by atoms with Gasteiger partial charge in [0.25, 0.3) is 0 Å². The number of amides is 3. The van der Waals surface area contributed by atoms with E-state index < -0.39 is 24.2 Å². The molecule has 9 nitrogen and oxygen atoms in total. The fourth-order valence-corrected chi connectivity index (χ4v) is 5.84. The van der Waals surface area contributed by atoms with Crippen molar-refractivity contribution in [3.05, 3.63) is 78.4 Å². The van der Waals surface area contributed by atoms with Crippen molar-refractivity contribution in [1.82, 2.24) is 15.5 Å². The molecule has 1 fully saturated rings. The van der Waals surface area contributed by atoms with Crippen LogP contribution in [0.15, 0.2) is 72.8 Å². The number of hydrogen-bond donors (Lipinski definition) is 3. The number of likely N-dealkylation sites (N-methyl/N-ethyl adjacent to an activating group) is 1. The lowest BCUT2D eigenvalue weighted by atomic mass is 10.0. The van der Waals surface area contributed by atoms with Crippen LogP contribution in [-0.4, -0.2) is 73.2 Å². The van der Waals surface area contributed by atoms with Crippen LogP contribution in [0.1, 0.15) is 44.6 Å². The number of carbonyl (C=O) groups excluding carboxylic acids is 4. The van der Waals surface area contributed by atoms with E-state index in [4.69, 9.17) is 5.73 Å². The number of rotatable bonds is 14. The third-order valence-corrected chi connectivity index (χ3v) is 8.15. The molecular weight excluding hydrogens is 542 g/mol. The van der Waals surface area contributed by atoms with Crippen molar-refractivity contribution in [1.29, 1.82) is 0 Å². The van der Waals surface area contributed by atoms with Gasteiger partial charge in [-0.3, -0.25) is 24.1 Å². The summed E-state index contributed by atoms with van der Waals surface area (Å²) >= 11 is 0. The summed E-state index contributed by atoms with van der Waals surface area (Å²) in [5, 5.41) is 7.82. The lowest BCUT2D eigenvalue weighted by Gasteiger charge is -2.34. The second kappa shape index (κ2) is 15.4. The largest absolute Gasteiger partial charge is 0.343 e. The van der Waals surface area contributed by atoms with E-state index in [0.29, 0.717) is 57.3 Å². The fraction of sp³-hybridized carbons (Fsp3) is 0.412. The van der Waals surface area contributed by atoms with E-state index in [1.165, 1.54) is 4.90 Å². The van der Waals surface area contributed by atoms with Crippen LogP contribution in [0, 0.1) is 0 Å². The summed E-state index contributed by atoms with van der Waals surface area (Å²) in [6.07, 6.45) is 5.33. The molecule has 0 unspecified atom stereocenters. The number of fused-ring (bicyclic) bond motifs is 1. The lowest BCUT2D eigenvalue weighted by Crippen LogP contribution is -2.57. The molecule has 227 valence electrons. The number of nitrogens with one attached hydrogen (secondary N) is 2. The molecule has 0 spiro atoms. The van der Waals surface area contributed by atoms with Crippen LogP contribution in [0.3, 0.4) is 0 Å². The van der Waals surface area contributed by atoms with E-state index in [0.717, 1.165) is 16.3 Å². The van der Waals surface area contributed by atoms with Gasteiger partial charge in [0.1, 0.15) is 18.1 Å². The first-order valence-corrected chi connectivity index (χ1v) is 15.1. The van der Waals surface area contributed by atoms with Gasteiger partial charge in [-0.05, 0) is 76.1 Å². The Hall–Kier alpha value is -4.08. The molecule has 1 aliphatic rings. The van der Waals surface area contributed by atoms with Crippen molar-refractivity contribution in [2.45, 2.75) is 69.6 Å². The first-order valence-electron chi connectivity index (χ1n) is 15.1. The standard InChI is InChI=1S/C34H42N5O4/c1-24(23-40)39(30-18-10-15-26-14-6-7-16-27(26)30)34(43)31-19-11-21-38(31)33(42)28(17-8-9-20-35)37-32(41)29(36-2)22-25-12-4-3-5-13-25/h3-7,10,12-16,18,24,28-29,31,36H,8-9,11,17,19-22,35H2,1-2H3,(H,37,41)/t24-,28-,29-,31-/m0/s1. The number of unbranched alkanes of at least 4 members (excludes halogenated alkanes) is 1. The maximum atomic E-state index is 14.2. The topological polar surface area (TPSA) is 125 Å². The number of hydrogen-bond acceptors (Lipinski definition) is 6. The van der Waals surface area contributed by atoms with Crippen LogP contribution in [0.5, 0.6) is 0 Å².